The Hall–Kier alpha value is -3.64. The quantitative estimate of drug-likeness (QED) is 0.481. The van der Waals surface area contributed by atoms with E-state index < -0.39 is 18.1 Å². The van der Waals surface area contributed by atoms with Crippen molar-refractivity contribution in [2.45, 2.75) is 39.3 Å². The highest BCUT2D eigenvalue weighted by Gasteiger charge is 2.60. The lowest BCUT2D eigenvalue weighted by atomic mass is 9.87. The van der Waals surface area contributed by atoms with Crippen LogP contribution in [0.1, 0.15) is 36.1 Å². The molecular formula is C28H28N2O4. The van der Waals surface area contributed by atoms with Gasteiger partial charge in [0, 0.05) is 0 Å². The molecule has 0 saturated carbocycles. The van der Waals surface area contributed by atoms with Crippen molar-refractivity contribution in [2.75, 3.05) is 16.6 Å². The average molecular weight is 457 g/mol. The zero-order chi connectivity index (χ0) is 23.8. The summed E-state index contributed by atoms with van der Waals surface area (Å²) in [7, 11) is 0. The molecule has 2 amide bonds. The Morgan fingerprint density at radius 2 is 1.62 bits per heavy atom. The second kappa shape index (κ2) is 8.95. The Morgan fingerprint density at radius 3 is 2.29 bits per heavy atom. The van der Waals surface area contributed by atoms with E-state index in [1.807, 2.05) is 63.2 Å². The number of carbonyl (C=O) groups excluding carboxylic acids is 2. The molecule has 0 aromatic heterocycles. The first-order valence-corrected chi connectivity index (χ1v) is 11.7. The minimum Gasteiger partial charge on any atom is -0.494 e. The first-order valence-electron chi connectivity index (χ1n) is 11.7. The van der Waals surface area contributed by atoms with Gasteiger partial charge in [0.25, 0.3) is 5.91 Å². The predicted octanol–water partition coefficient (Wildman–Crippen LogP) is 5.14. The van der Waals surface area contributed by atoms with E-state index in [0.717, 1.165) is 28.8 Å². The number of aryl methyl sites for hydroxylation is 2. The average Bonchev–Trinajstić information content (AvgIpc) is 3.35. The smallest absolute Gasteiger partial charge is 0.266 e. The van der Waals surface area contributed by atoms with Gasteiger partial charge in [-0.1, -0.05) is 48.9 Å². The molecule has 3 aromatic rings. The van der Waals surface area contributed by atoms with Crippen molar-refractivity contribution in [1.29, 1.82) is 0 Å². The summed E-state index contributed by atoms with van der Waals surface area (Å²) in [5, 5.41) is 1.74. The summed E-state index contributed by atoms with van der Waals surface area (Å²) >= 11 is 0. The molecule has 174 valence electrons. The fourth-order valence-electron chi connectivity index (χ4n) is 4.85. The van der Waals surface area contributed by atoms with E-state index in [1.54, 1.807) is 29.3 Å². The van der Waals surface area contributed by atoms with E-state index in [0.29, 0.717) is 18.0 Å². The van der Waals surface area contributed by atoms with Gasteiger partial charge in [-0.2, -0.15) is 0 Å². The molecule has 3 aromatic carbocycles. The van der Waals surface area contributed by atoms with Crippen LogP contribution in [0.5, 0.6) is 5.75 Å². The molecule has 0 aliphatic carbocycles. The Balaban J connectivity index is 1.52. The van der Waals surface area contributed by atoms with Crippen LogP contribution in [0.25, 0.3) is 0 Å². The number of amides is 2. The summed E-state index contributed by atoms with van der Waals surface area (Å²) in [5.74, 6) is -0.527. The fourth-order valence-corrected chi connectivity index (χ4v) is 4.85. The molecule has 2 saturated heterocycles. The van der Waals surface area contributed by atoms with Crippen molar-refractivity contribution in [2.24, 2.45) is 5.92 Å². The number of anilines is 2. The van der Waals surface area contributed by atoms with E-state index in [2.05, 4.69) is 6.07 Å². The molecule has 2 heterocycles. The molecule has 2 fully saturated rings. The van der Waals surface area contributed by atoms with Gasteiger partial charge in [0.2, 0.25) is 5.91 Å². The van der Waals surface area contributed by atoms with Gasteiger partial charge in [0.05, 0.1) is 24.0 Å². The predicted molar refractivity (Wildman–Crippen MR) is 131 cm³/mol. The second-order valence-electron chi connectivity index (χ2n) is 8.87. The number of benzene rings is 3. The van der Waals surface area contributed by atoms with Crippen LogP contribution in [0.3, 0.4) is 0 Å². The highest BCUT2D eigenvalue weighted by Crippen LogP contribution is 2.48. The van der Waals surface area contributed by atoms with Crippen LogP contribution in [0.4, 0.5) is 11.4 Å². The van der Waals surface area contributed by atoms with Gasteiger partial charge in [-0.3, -0.25) is 14.4 Å². The summed E-state index contributed by atoms with van der Waals surface area (Å²) in [6.45, 7) is 6.73. The number of rotatable bonds is 6. The van der Waals surface area contributed by atoms with Crippen LogP contribution < -0.4 is 14.7 Å². The zero-order valence-corrected chi connectivity index (χ0v) is 19.6. The van der Waals surface area contributed by atoms with Crippen molar-refractivity contribution in [3.63, 3.8) is 0 Å². The molecule has 34 heavy (non-hydrogen) atoms. The van der Waals surface area contributed by atoms with E-state index in [-0.39, 0.29) is 11.8 Å². The van der Waals surface area contributed by atoms with Gasteiger partial charge < -0.3 is 4.74 Å². The van der Waals surface area contributed by atoms with E-state index >= 15 is 0 Å². The normalized spacial score (nSPS) is 21.8. The molecule has 6 nitrogen and oxygen atoms in total. The lowest BCUT2D eigenvalue weighted by molar-refractivity contribution is -0.126. The number of hydrogen-bond donors (Lipinski definition) is 0. The minimum absolute atomic E-state index is 0.249. The molecule has 0 radical (unpaired) electrons. The van der Waals surface area contributed by atoms with Crippen molar-refractivity contribution < 1.29 is 19.2 Å². The van der Waals surface area contributed by atoms with Crippen molar-refractivity contribution in [1.82, 2.24) is 0 Å². The zero-order valence-electron chi connectivity index (χ0n) is 19.6. The van der Waals surface area contributed by atoms with Crippen molar-refractivity contribution in [3.8, 4) is 5.75 Å². The van der Waals surface area contributed by atoms with Crippen LogP contribution in [0, 0.1) is 19.8 Å². The maximum absolute atomic E-state index is 13.8. The Labute approximate surface area is 199 Å². The number of imide groups is 1. The monoisotopic (exact) mass is 456 g/mol. The lowest BCUT2D eigenvalue weighted by Gasteiger charge is -2.29. The third-order valence-corrected chi connectivity index (χ3v) is 6.44. The van der Waals surface area contributed by atoms with Gasteiger partial charge in [0.15, 0.2) is 6.10 Å². The molecule has 6 heteroatoms. The molecular weight excluding hydrogens is 428 g/mol. The summed E-state index contributed by atoms with van der Waals surface area (Å²) in [6.07, 6.45) is 0.0259. The van der Waals surface area contributed by atoms with Crippen molar-refractivity contribution in [3.05, 3.63) is 89.5 Å². The molecule has 0 bridgehead atoms. The third kappa shape index (κ3) is 3.74. The highest BCUT2D eigenvalue weighted by atomic mass is 16.7. The van der Waals surface area contributed by atoms with Crippen LogP contribution in [-0.4, -0.2) is 24.5 Å². The maximum Gasteiger partial charge on any atom is 0.266 e. The maximum atomic E-state index is 13.8. The summed E-state index contributed by atoms with van der Waals surface area (Å²) in [5.41, 5.74) is 4.53. The largest absolute Gasteiger partial charge is 0.494 e. The van der Waals surface area contributed by atoms with Gasteiger partial charge in [-0.05, 0) is 67.8 Å². The van der Waals surface area contributed by atoms with Gasteiger partial charge in [-0.25, -0.2) is 9.96 Å². The van der Waals surface area contributed by atoms with E-state index in [9.17, 15) is 9.59 Å². The Kier molecular flexibility index (Phi) is 5.84. The van der Waals surface area contributed by atoms with Crippen LogP contribution in [-0.2, 0) is 14.4 Å². The molecule has 5 rings (SSSR count). The third-order valence-electron chi connectivity index (χ3n) is 6.44. The summed E-state index contributed by atoms with van der Waals surface area (Å²) in [6, 6.07) is 22.5. The number of para-hydroxylation sites is 1. The first-order chi connectivity index (χ1) is 16.5. The number of nitrogens with zero attached hydrogens (tertiary/aromatic N) is 2. The minimum atomic E-state index is -0.880. The number of ether oxygens (including phenoxy) is 1. The lowest BCUT2D eigenvalue weighted by Crippen LogP contribution is -2.37. The number of fused-ring (bicyclic) bond motifs is 1. The van der Waals surface area contributed by atoms with E-state index in [1.165, 1.54) is 4.90 Å². The van der Waals surface area contributed by atoms with Gasteiger partial charge >= 0.3 is 0 Å². The SMILES string of the molecule is CCCOc1ccc(N2C(=O)[C@@H]3[C@H](ON(c4ccccc4)[C@@H]3c3ccc(C)cc3C)C2=O)cc1. The standard InChI is InChI=1S/C28H28N2O4/c1-4-16-33-22-13-11-20(12-14-22)29-27(31)24-25(23-15-10-18(2)17-19(23)3)30(34-26(24)28(29)32)21-8-6-5-7-9-21/h5-15,17,24-26H,4,16H2,1-3H3/t24-,25+,26-/m0/s1. The topological polar surface area (TPSA) is 59.1 Å². The van der Waals surface area contributed by atoms with Crippen molar-refractivity contribution >= 4 is 23.2 Å². The van der Waals surface area contributed by atoms with Crippen LogP contribution in [0.15, 0.2) is 72.8 Å². The summed E-state index contributed by atoms with van der Waals surface area (Å²) < 4.78 is 5.64. The van der Waals surface area contributed by atoms with Gasteiger partial charge in [0.1, 0.15) is 11.7 Å². The Bertz CT molecular complexity index is 1210. The molecule has 3 atom stereocenters. The molecule has 0 unspecified atom stereocenters. The van der Waals surface area contributed by atoms with Gasteiger partial charge in [-0.15, -0.1) is 0 Å². The first kappa shape index (κ1) is 22.2. The Morgan fingerprint density at radius 1 is 0.882 bits per heavy atom. The molecule has 0 N–H and O–H groups in total. The fraction of sp³-hybridized carbons (Fsp3) is 0.286. The number of carbonyl (C=O) groups is 2. The van der Waals surface area contributed by atoms with Crippen LogP contribution >= 0.6 is 0 Å². The second-order valence-corrected chi connectivity index (χ2v) is 8.87. The van der Waals surface area contributed by atoms with E-state index in [4.69, 9.17) is 9.57 Å². The van der Waals surface area contributed by atoms with Crippen LogP contribution in [0.2, 0.25) is 0 Å². The molecule has 2 aliphatic rings. The number of hydrogen-bond acceptors (Lipinski definition) is 5. The highest BCUT2D eigenvalue weighted by molar-refractivity contribution is 6.24. The summed E-state index contributed by atoms with van der Waals surface area (Å²) in [4.78, 5) is 34.7. The molecule has 0 spiro atoms. The molecule has 2 aliphatic heterocycles. The number of hydroxylamine groups is 1.